The molecule has 3 aromatic rings. The van der Waals surface area contributed by atoms with Crippen molar-refractivity contribution in [3.8, 4) is 11.6 Å². The topological polar surface area (TPSA) is 42.2 Å². The highest BCUT2D eigenvalue weighted by atomic mass is 16.4. The molecule has 0 amide bonds. The lowest BCUT2D eigenvalue weighted by Gasteiger charge is -2.27. The molecule has 116 valence electrons. The number of nitrogens with zero attached hydrogens (tertiary/aromatic N) is 3. The minimum Gasteiger partial charge on any atom is -0.438 e. The van der Waals surface area contributed by atoms with Crippen molar-refractivity contribution in [2.45, 2.75) is 26.8 Å². The zero-order chi connectivity index (χ0) is 15.8. The summed E-state index contributed by atoms with van der Waals surface area (Å²) >= 11 is 0. The number of benzene rings is 1. The van der Waals surface area contributed by atoms with Crippen LogP contribution in [0.4, 0.5) is 5.69 Å². The van der Waals surface area contributed by atoms with Crippen LogP contribution in [0.3, 0.4) is 0 Å². The minimum absolute atomic E-state index is 0.626. The molecule has 0 atom stereocenters. The predicted octanol–water partition coefficient (Wildman–Crippen LogP) is 3.92. The van der Waals surface area contributed by atoms with Crippen molar-refractivity contribution in [2.24, 2.45) is 0 Å². The van der Waals surface area contributed by atoms with Crippen LogP contribution in [0, 0.1) is 13.8 Å². The predicted molar refractivity (Wildman–Crippen MR) is 90.4 cm³/mol. The Morgan fingerprint density at radius 2 is 2.00 bits per heavy atom. The van der Waals surface area contributed by atoms with Crippen LogP contribution in [0.25, 0.3) is 11.6 Å². The van der Waals surface area contributed by atoms with Crippen LogP contribution in [0.15, 0.2) is 47.0 Å². The second-order valence-corrected chi connectivity index (χ2v) is 6.12. The average Bonchev–Trinajstić information content (AvgIpc) is 2.98. The van der Waals surface area contributed by atoms with E-state index in [4.69, 9.17) is 4.42 Å². The van der Waals surface area contributed by atoms with Crippen LogP contribution in [0.2, 0.25) is 0 Å². The van der Waals surface area contributed by atoms with E-state index < -0.39 is 0 Å². The molecule has 1 aromatic carbocycles. The number of rotatable bonds is 2. The maximum Gasteiger partial charge on any atom is 0.245 e. The molecule has 0 N–H and O–H groups in total. The van der Waals surface area contributed by atoms with Gasteiger partial charge in [0.1, 0.15) is 11.5 Å². The number of pyridine rings is 1. The highest BCUT2D eigenvalue weighted by Crippen LogP contribution is 2.28. The lowest BCUT2D eigenvalue weighted by molar-refractivity contribution is 0.494. The molecule has 0 saturated carbocycles. The zero-order valence-corrected chi connectivity index (χ0v) is 13.4. The SMILES string of the molecule is Cc1ccc(-c2nc3c(o2)CN(c2cccc(C)c2)CC3)nc1. The number of fused-ring (bicyclic) bond motifs is 1. The normalized spacial score (nSPS) is 13.9. The molecule has 0 bridgehead atoms. The summed E-state index contributed by atoms with van der Waals surface area (Å²) in [6.45, 7) is 5.87. The zero-order valence-electron chi connectivity index (χ0n) is 13.4. The second kappa shape index (κ2) is 5.54. The van der Waals surface area contributed by atoms with Crippen LogP contribution < -0.4 is 4.90 Å². The maximum atomic E-state index is 6.00. The van der Waals surface area contributed by atoms with Gasteiger partial charge in [-0.2, -0.15) is 0 Å². The van der Waals surface area contributed by atoms with E-state index in [2.05, 4.69) is 46.1 Å². The van der Waals surface area contributed by atoms with Crippen molar-refractivity contribution in [2.75, 3.05) is 11.4 Å². The van der Waals surface area contributed by atoms with Crippen molar-refractivity contribution in [3.05, 3.63) is 65.2 Å². The van der Waals surface area contributed by atoms with Gasteiger partial charge < -0.3 is 9.32 Å². The first-order valence-electron chi connectivity index (χ1n) is 7.92. The molecule has 0 radical (unpaired) electrons. The number of anilines is 1. The Morgan fingerprint density at radius 3 is 2.78 bits per heavy atom. The first kappa shape index (κ1) is 14.0. The van der Waals surface area contributed by atoms with Crippen LogP contribution in [-0.2, 0) is 13.0 Å². The third kappa shape index (κ3) is 2.72. The summed E-state index contributed by atoms with van der Waals surface area (Å²) in [5.41, 5.74) is 5.51. The van der Waals surface area contributed by atoms with E-state index in [1.165, 1.54) is 11.3 Å². The van der Waals surface area contributed by atoms with Gasteiger partial charge in [-0.15, -0.1) is 0 Å². The Hall–Kier alpha value is -2.62. The first-order chi connectivity index (χ1) is 11.2. The molecule has 0 aliphatic carbocycles. The smallest absolute Gasteiger partial charge is 0.245 e. The molecule has 0 saturated heterocycles. The minimum atomic E-state index is 0.626. The molecule has 1 aliphatic rings. The Morgan fingerprint density at radius 1 is 1.09 bits per heavy atom. The molecule has 0 fully saturated rings. The van der Waals surface area contributed by atoms with E-state index >= 15 is 0 Å². The summed E-state index contributed by atoms with van der Waals surface area (Å²) in [6, 6.07) is 12.6. The van der Waals surface area contributed by atoms with Crippen molar-refractivity contribution in [1.29, 1.82) is 0 Å². The Bertz CT molecular complexity index is 836. The third-order valence-corrected chi connectivity index (χ3v) is 4.23. The highest BCUT2D eigenvalue weighted by molar-refractivity contribution is 5.52. The monoisotopic (exact) mass is 305 g/mol. The number of aromatic nitrogens is 2. The average molecular weight is 305 g/mol. The summed E-state index contributed by atoms with van der Waals surface area (Å²) in [4.78, 5) is 11.4. The Kier molecular flexibility index (Phi) is 3.37. The molecule has 2 aromatic heterocycles. The molecule has 0 unspecified atom stereocenters. The van der Waals surface area contributed by atoms with Gasteiger partial charge in [0.25, 0.3) is 0 Å². The lowest BCUT2D eigenvalue weighted by atomic mass is 10.1. The van der Waals surface area contributed by atoms with Gasteiger partial charge in [0.05, 0.1) is 12.2 Å². The van der Waals surface area contributed by atoms with E-state index in [-0.39, 0.29) is 0 Å². The Balaban J connectivity index is 1.62. The molecular formula is C19H19N3O. The lowest BCUT2D eigenvalue weighted by Crippen LogP contribution is -2.29. The molecule has 23 heavy (non-hydrogen) atoms. The maximum absolute atomic E-state index is 6.00. The van der Waals surface area contributed by atoms with Crippen LogP contribution in [0.5, 0.6) is 0 Å². The number of hydrogen-bond acceptors (Lipinski definition) is 4. The number of oxazole rings is 1. The van der Waals surface area contributed by atoms with Crippen LogP contribution in [-0.4, -0.2) is 16.5 Å². The van der Waals surface area contributed by atoms with Gasteiger partial charge in [-0.1, -0.05) is 18.2 Å². The molecule has 4 nitrogen and oxygen atoms in total. The standard InChI is InChI=1S/C19H19N3O/c1-13-4-3-5-15(10-13)22-9-8-16-18(12-22)23-19(21-16)17-7-6-14(2)11-20-17/h3-7,10-11H,8-9,12H2,1-2H3. The van der Waals surface area contributed by atoms with Crippen LogP contribution >= 0.6 is 0 Å². The van der Waals surface area contributed by atoms with E-state index in [9.17, 15) is 0 Å². The van der Waals surface area contributed by atoms with Gasteiger partial charge in [-0.05, 0) is 43.2 Å². The van der Waals surface area contributed by atoms with Crippen molar-refractivity contribution >= 4 is 5.69 Å². The van der Waals surface area contributed by atoms with Gasteiger partial charge in [-0.25, -0.2) is 4.98 Å². The fraction of sp³-hybridized carbons (Fsp3) is 0.263. The van der Waals surface area contributed by atoms with Crippen molar-refractivity contribution in [3.63, 3.8) is 0 Å². The largest absolute Gasteiger partial charge is 0.438 e. The molecular weight excluding hydrogens is 286 g/mol. The molecule has 4 heteroatoms. The van der Waals surface area contributed by atoms with Gasteiger partial charge >= 0.3 is 0 Å². The van der Waals surface area contributed by atoms with E-state index in [0.29, 0.717) is 5.89 Å². The van der Waals surface area contributed by atoms with Crippen LogP contribution in [0.1, 0.15) is 22.6 Å². The summed E-state index contributed by atoms with van der Waals surface area (Å²) in [5.74, 6) is 1.58. The Labute approximate surface area is 135 Å². The summed E-state index contributed by atoms with van der Waals surface area (Å²) in [6.07, 6.45) is 2.75. The van der Waals surface area contributed by atoms with E-state index in [1.807, 2.05) is 25.3 Å². The second-order valence-electron chi connectivity index (χ2n) is 6.12. The van der Waals surface area contributed by atoms with Gasteiger partial charge in [0.2, 0.25) is 5.89 Å². The number of hydrogen-bond donors (Lipinski definition) is 0. The van der Waals surface area contributed by atoms with E-state index in [0.717, 1.165) is 42.2 Å². The quantitative estimate of drug-likeness (QED) is 0.720. The summed E-state index contributed by atoms with van der Waals surface area (Å²) in [7, 11) is 0. The molecule has 0 spiro atoms. The first-order valence-corrected chi connectivity index (χ1v) is 7.92. The molecule has 3 heterocycles. The third-order valence-electron chi connectivity index (χ3n) is 4.23. The number of aryl methyl sites for hydroxylation is 2. The highest BCUT2D eigenvalue weighted by Gasteiger charge is 2.23. The fourth-order valence-corrected chi connectivity index (χ4v) is 2.94. The summed E-state index contributed by atoms with van der Waals surface area (Å²) < 4.78 is 6.00. The van der Waals surface area contributed by atoms with Gasteiger partial charge in [0, 0.05) is 24.8 Å². The molecule has 1 aliphatic heterocycles. The fourth-order valence-electron chi connectivity index (χ4n) is 2.94. The summed E-state index contributed by atoms with van der Waals surface area (Å²) in [5, 5.41) is 0. The molecule has 4 rings (SSSR count). The van der Waals surface area contributed by atoms with Crippen molar-refractivity contribution in [1.82, 2.24) is 9.97 Å². The van der Waals surface area contributed by atoms with Gasteiger partial charge in [0.15, 0.2) is 0 Å². The van der Waals surface area contributed by atoms with E-state index in [1.54, 1.807) is 0 Å². The van der Waals surface area contributed by atoms with Gasteiger partial charge in [-0.3, -0.25) is 4.98 Å². The van der Waals surface area contributed by atoms with Crippen molar-refractivity contribution < 1.29 is 4.42 Å².